The van der Waals surface area contributed by atoms with Crippen molar-refractivity contribution < 1.29 is 4.39 Å². The standard InChI is InChI=1S/C12H8Cl3FN2/c1-6-11(14)17-10(18-12(6)15)4-7-2-3-8(16)5-9(7)13/h2-3,5H,4H2,1H3. The van der Waals surface area contributed by atoms with Crippen LogP contribution in [-0.4, -0.2) is 9.97 Å². The summed E-state index contributed by atoms with van der Waals surface area (Å²) >= 11 is 17.8. The number of nitrogens with zero attached hydrogens (tertiary/aromatic N) is 2. The summed E-state index contributed by atoms with van der Waals surface area (Å²) in [6.45, 7) is 1.74. The normalized spacial score (nSPS) is 10.7. The van der Waals surface area contributed by atoms with Crippen molar-refractivity contribution in [1.82, 2.24) is 9.97 Å². The summed E-state index contributed by atoms with van der Waals surface area (Å²) in [6, 6.07) is 4.16. The van der Waals surface area contributed by atoms with Crippen molar-refractivity contribution in [2.24, 2.45) is 0 Å². The van der Waals surface area contributed by atoms with Gasteiger partial charge in [0, 0.05) is 17.0 Å². The average Bonchev–Trinajstić information content (AvgIpc) is 2.29. The van der Waals surface area contributed by atoms with Crippen LogP contribution in [0.1, 0.15) is 17.0 Å². The van der Waals surface area contributed by atoms with Crippen LogP contribution in [0.15, 0.2) is 18.2 Å². The van der Waals surface area contributed by atoms with E-state index in [1.165, 1.54) is 12.1 Å². The molecule has 0 aliphatic heterocycles. The summed E-state index contributed by atoms with van der Waals surface area (Å²) in [5, 5.41) is 0.942. The molecular formula is C12H8Cl3FN2. The van der Waals surface area contributed by atoms with Gasteiger partial charge < -0.3 is 0 Å². The Morgan fingerprint density at radius 1 is 1.11 bits per heavy atom. The Morgan fingerprint density at radius 2 is 1.72 bits per heavy atom. The number of hydrogen-bond donors (Lipinski definition) is 0. The van der Waals surface area contributed by atoms with E-state index in [-0.39, 0.29) is 5.82 Å². The van der Waals surface area contributed by atoms with E-state index in [0.717, 1.165) is 0 Å². The third-order valence-electron chi connectivity index (χ3n) is 2.44. The molecule has 6 heteroatoms. The minimum absolute atomic E-state index is 0.309. The molecule has 2 aromatic rings. The van der Waals surface area contributed by atoms with Crippen molar-refractivity contribution >= 4 is 34.8 Å². The Bertz CT molecular complexity index is 579. The van der Waals surface area contributed by atoms with Crippen LogP contribution >= 0.6 is 34.8 Å². The summed E-state index contributed by atoms with van der Waals surface area (Å²) in [6.07, 6.45) is 0.346. The van der Waals surface area contributed by atoms with Crippen LogP contribution < -0.4 is 0 Å². The van der Waals surface area contributed by atoms with Gasteiger partial charge in [-0.05, 0) is 24.6 Å². The monoisotopic (exact) mass is 304 g/mol. The van der Waals surface area contributed by atoms with Crippen LogP contribution in [0.5, 0.6) is 0 Å². The zero-order valence-corrected chi connectivity index (χ0v) is 11.6. The van der Waals surface area contributed by atoms with Crippen LogP contribution in [0, 0.1) is 12.7 Å². The highest BCUT2D eigenvalue weighted by Gasteiger charge is 2.10. The quantitative estimate of drug-likeness (QED) is 0.765. The van der Waals surface area contributed by atoms with E-state index in [1.807, 2.05) is 0 Å². The Labute approximate surface area is 119 Å². The van der Waals surface area contributed by atoms with Crippen molar-refractivity contribution in [2.75, 3.05) is 0 Å². The van der Waals surface area contributed by atoms with Crippen LogP contribution in [0.4, 0.5) is 4.39 Å². The predicted molar refractivity (Wildman–Crippen MR) is 71.0 cm³/mol. The van der Waals surface area contributed by atoms with Gasteiger partial charge in [0.15, 0.2) is 0 Å². The van der Waals surface area contributed by atoms with Gasteiger partial charge in [0.05, 0.1) is 0 Å². The molecule has 0 aliphatic carbocycles. The molecule has 0 saturated heterocycles. The highest BCUT2D eigenvalue weighted by molar-refractivity contribution is 6.34. The molecule has 0 amide bonds. The first-order chi connectivity index (χ1) is 8.47. The van der Waals surface area contributed by atoms with Gasteiger partial charge in [-0.3, -0.25) is 0 Å². The third kappa shape index (κ3) is 2.91. The van der Waals surface area contributed by atoms with Gasteiger partial charge in [0.25, 0.3) is 0 Å². The van der Waals surface area contributed by atoms with Crippen LogP contribution in [0.3, 0.4) is 0 Å². The van der Waals surface area contributed by atoms with E-state index in [9.17, 15) is 4.39 Å². The lowest BCUT2D eigenvalue weighted by molar-refractivity contribution is 0.627. The van der Waals surface area contributed by atoms with E-state index in [4.69, 9.17) is 34.8 Å². The molecule has 0 saturated carbocycles. The number of aromatic nitrogens is 2. The molecule has 0 atom stereocenters. The lowest BCUT2D eigenvalue weighted by atomic mass is 10.1. The van der Waals surface area contributed by atoms with E-state index in [1.54, 1.807) is 13.0 Å². The summed E-state index contributed by atoms with van der Waals surface area (Å²) in [7, 11) is 0. The summed E-state index contributed by atoms with van der Waals surface area (Å²) in [5.74, 6) is 0.0637. The van der Waals surface area contributed by atoms with E-state index in [0.29, 0.717) is 38.7 Å². The maximum atomic E-state index is 12.9. The summed E-state index contributed by atoms with van der Waals surface area (Å²) in [5.41, 5.74) is 1.35. The first-order valence-corrected chi connectivity index (χ1v) is 6.23. The fourth-order valence-electron chi connectivity index (χ4n) is 1.42. The van der Waals surface area contributed by atoms with Gasteiger partial charge in [-0.25, -0.2) is 14.4 Å². The topological polar surface area (TPSA) is 25.8 Å². The predicted octanol–water partition coefficient (Wildman–Crippen LogP) is 4.48. The first kappa shape index (κ1) is 13.5. The molecule has 2 rings (SSSR count). The van der Waals surface area contributed by atoms with Crippen LogP contribution in [0.2, 0.25) is 15.3 Å². The highest BCUT2D eigenvalue weighted by Crippen LogP contribution is 2.23. The molecule has 0 unspecified atom stereocenters. The van der Waals surface area contributed by atoms with Gasteiger partial charge in [0.1, 0.15) is 21.9 Å². The second-order valence-corrected chi connectivity index (χ2v) is 4.88. The molecule has 1 heterocycles. The van der Waals surface area contributed by atoms with Crippen molar-refractivity contribution in [3.63, 3.8) is 0 Å². The number of halogens is 4. The zero-order chi connectivity index (χ0) is 13.3. The molecule has 0 spiro atoms. The second kappa shape index (κ2) is 5.39. The summed E-state index contributed by atoms with van der Waals surface area (Å²) < 4.78 is 12.9. The zero-order valence-electron chi connectivity index (χ0n) is 9.35. The van der Waals surface area contributed by atoms with Crippen molar-refractivity contribution in [3.8, 4) is 0 Å². The van der Waals surface area contributed by atoms with E-state index in [2.05, 4.69) is 9.97 Å². The number of benzene rings is 1. The molecule has 0 fully saturated rings. The first-order valence-electron chi connectivity index (χ1n) is 5.10. The molecule has 0 aliphatic rings. The highest BCUT2D eigenvalue weighted by atomic mass is 35.5. The van der Waals surface area contributed by atoms with Gasteiger partial charge in [-0.1, -0.05) is 40.9 Å². The Hall–Kier alpha value is -0.900. The lowest BCUT2D eigenvalue weighted by Gasteiger charge is -2.06. The van der Waals surface area contributed by atoms with E-state index < -0.39 is 0 Å². The van der Waals surface area contributed by atoms with Gasteiger partial charge in [-0.15, -0.1) is 0 Å². The fraction of sp³-hybridized carbons (Fsp3) is 0.167. The fourth-order valence-corrected chi connectivity index (χ4v) is 2.08. The molecule has 1 aromatic carbocycles. The maximum Gasteiger partial charge on any atom is 0.137 e. The average molecular weight is 306 g/mol. The van der Waals surface area contributed by atoms with Crippen molar-refractivity contribution in [1.29, 1.82) is 0 Å². The molecule has 18 heavy (non-hydrogen) atoms. The Kier molecular flexibility index (Phi) is 4.05. The largest absolute Gasteiger partial charge is 0.220 e. The molecule has 94 valence electrons. The number of hydrogen-bond acceptors (Lipinski definition) is 2. The van der Waals surface area contributed by atoms with E-state index >= 15 is 0 Å². The SMILES string of the molecule is Cc1c(Cl)nc(Cc2ccc(F)cc2Cl)nc1Cl. The van der Waals surface area contributed by atoms with Crippen molar-refractivity contribution in [3.05, 3.63) is 56.3 Å². The maximum absolute atomic E-state index is 12.9. The Morgan fingerprint density at radius 3 is 2.28 bits per heavy atom. The minimum Gasteiger partial charge on any atom is -0.220 e. The molecule has 2 nitrogen and oxygen atoms in total. The Balaban J connectivity index is 2.34. The van der Waals surface area contributed by atoms with Crippen LogP contribution in [0.25, 0.3) is 0 Å². The van der Waals surface area contributed by atoms with Gasteiger partial charge in [0.2, 0.25) is 0 Å². The molecule has 0 N–H and O–H groups in total. The molecule has 0 bridgehead atoms. The molecule has 0 radical (unpaired) electrons. The minimum atomic E-state index is -0.385. The van der Waals surface area contributed by atoms with Crippen LogP contribution in [-0.2, 0) is 6.42 Å². The van der Waals surface area contributed by atoms with Gasteiger partial charge >= 0.3 is 0 Å². The second-order valence-electron chi connectivity index (χ2n) is 3.76. The molecule has 1 aromatic heterocycles. The summed E-state index contributed by atoms with van der Waals surface area (Å²) in [4.78, 5) is 8.22. The van der Waals surface area contributed by atoms with Gasteiger partial charge in [-0.2, -0.15) is 0 Å². The third-order valence-corrected chi connectivity index (χ3v) is 3.52. The number of rotatable bonds is 2. The smallest absolute Gasteiger partial charge is 0.137 e. The lowest BCUT2D eigenvalue weighted by Crippen LogP contribution is -2.00. The molecular weight excluding hydrogens is 298 g/mol. The van der Waals surface area contributed by atoms with Crippen molar-refractivity contribution in [2.45, 2.75) is 13.3 Å².